The van der Waals surface area contributed by atoms with Crippen molar-refractivity contribution in [3.63, 3.8) is 0 Å². The van der Waals surface area contributed by atoms with Crippen LogP contribution in [0.25, 0.3) is 0 Å². The summed E-state index contributed by atoms with van der Waals surface area (Å²) < 4.78 is 0. The zero-order valence-electron chi connectivity index (χ0n) is 16.2. The Kier molecular flexibility index (Phi) is 6.09. The minimum Gasteiger partial charge on any atom is -0.347 e. The summed E-state index contributed by atoms with van der Waals surface area (Å²) in [6.07, 6.45) is 1.66. The summed E-state index contributed by atoms with van der Waals surface area (Å²) in [6.45, 7) is 4.53. The van der Waals surface area contributed by atoms with Crippen molar-refractivity contribution in [1.29, 1.82) is 0 Å². The number of nitrogens with one attached hydrogen (secondary N) is 2. The van der Waals surface area contributed by atoms with Crippen LogP contribution in [-0.2, 0) is 20.8 Å². The van der Waals surface area contributed by atoms with Crippen LogP contribution in [-0.4, -0.2) is 30.8 Å². The van der Waals surface area contributed by atoms with Gasteiger partial charge in [0.15, 0.2) is 0 Å². The van der Waals surface area contributed by atoms with Crippen LogP contribution in [0.5, 0.6) is 0 Å². The lowest BCUT2D eigenvalue weighted by Crippen LogP contribution is -2.34. The second-order valence-corrected chi connectivity index (χ2v) is 7.08. The molecule has 0 saturated carbocycles. The highest BCUT2D eigenvalue weighted by molar-refractivity contribution is 5.96. The van der Waals surface area contributed by atoms with Gasteiger partial charge in [0.1, 0.15) is 0 Å². The summed E-state index contributed by atoms with van der Waals surface area (Å²) in [5.41, 5.74) is 4.45. The minimum absolute atomic E-state index is 0.0764. The van der Waals surface area contributed by atoms with E-state index in [1.165, 1.54) is 0 Å². The van der Waals surface area contributed by atoms with Crippen molar-refractivity contribution >= 4 is 29.1 Å². The molecule has 1 aliphatic heterocycles. The van der Waals surface area contributed by atoms with Gasteiger partial charge in [-0.2, -0.15) is 0 Å². The second kappa shape index (κ2) is 8.69. The monoisotopic (exact) mass is 379 g/mol. The molecule has 1 fully saturated rings. The van der Waals surface area contributed by atoms with E-state index in [-0.39, 0.29) is 30.7 Å². The van der Waals surface area contributed by atoms with Crippen LogP contribution >= 0.6 is 0 Å². The van der Waals surface area contributed by atoms with E-state index < -0.39 is 0 Å². The Balaban J connectivity index is 1.49. The normalized spacial score (nSPS) is 13.5. The number of benzene rings is 2. The van der Waals surface area contributed by atoms with Crippen LogP contribution in [0.2, 0.25) is 0 Å². The lowest BCUT2D eigenvalue weighted by molar-refractivity contribution is -0.123. The molecule has 1 heterocycles. The molecule has 0 spiro atoms. The molecular formula is C22H25N3O3. The van der Waals surface area contributed by atoms with Gasteiger partial charge >= 0.3 is 0 Å². The summed E-state index contributed by atoms with van der Waals surface area (Å²) in [5, 5.41) is 5.50. The third kappa shape index (κ3) is 4.76. The molecule has 28 heavy (non-hydrogen) atoms. The first-order chi connectivity index (χ1) is 13.4. The number of aryl methyl sites for hydroxylation is 2. The van der Waals surface area contributed by atoms with Gasteiger partial charge in [0.25, 0.3) is 0 Å². The van der Waals surface area contributed by atoms with Crippen molar-refractivity contribution in [2.24, 2.45) is 0 Å². The topological polar surface area (TPSA) is 78.5 Å². The lowest BCUT2D eigenvalue weighted by atomic mass is 10.1. The van der Waals surface area contributed by atoms with Crippen molar-refractivity contribution in [2.75, 3.05) is 23.3 Å². The number of hydrogen-bond donors (Lipinski definition) is 2. The molecule has 2 aromatic rings. The van der Waals surface area contributed by atoms with Crippen LogP contribution in [0.3, 0.4) is 0 Å². The fourth-order valence-electron chi connectivity index (χ4n) is 3.34. The molecule has 6 heteroatoms. The summed E-state index contributed by atoms with van der Waals surface area (Å²) in [4.78, 5) is 37.8. The van der Waals surface area contributed by atoms with Gasteiger partial charge in [-0.3, -0.25) is 14.4 Å². The summed E-state index contributed by atoms with van der Waals surface area (Å²) in [5.74, 6) is -0.337. The van der Waals surface area contributed by atoms with Crippen molar-refractivity contribution in [2.45, 2.75) is 33.1 Å². The van der Waals surface area contributed by atoms with E-state index in [1.807, 2.05) is 56.3 Å². The number of nitrogens with zero attached hydrogens (tertiary/aromatic N) is 1. The summed E-state index contributed by atoms with van der Waals surface area (Å²) in [6, 6.07) is 13.2. The maximum atomic E-state index is 12.1. The third-order valence-corrected chi connectivity index (χ3v) is 4.88. The van der Waals surface area contributed by atoms with E-state index in [0.29, 0.717) is 6.42 Å². The predicted molar refractivity (Wildman–Crippen MR) is 109 cm³/mol. The highest BCUT2D eigenvalue weighted by Gasteiger charge is 2.21. The molecule has 6 nitrogen and oxygen atoms in total. The number of carbonyl (C=O) groups excluding carboxylic acids is 3. The van der Waals surface area contributed by atoms with Gasteiger partial charge < -0.3 is 15.5 Å². The second-order valence-electron chi connectivity index (χ2n) is 7.08. The molecule has 146 valence electrons. The van der Waals surface area contributed by atoms with Gasteiger partial charge in [0.2, 0.25) is 17.7 Å². The molecule has 0 aromatic heterocycles. The largest absolute Gasteiger partial charge is 0.347 e. The summed E-state index contributed by atoms with van der Waals surface area (Å²) >= 11 is 0. The van der Waals surface area contributed by atoms with Crippen LogP contribution in [0.1, 0.15) is 29.5 Å². The van der Waals surface area contributed by atoms with Crippen molar-refractivity contribution in [3.8, 4) is 0 Å². The number of para-hydroxylation sites is 1. The van der Waals surface area contributed by atoms with Crippen molar-refractivity contribution < 1.29 is 14.4 Å². The predicted octanol–water partition coefficient (Wildman–Crippen LogP) is 2.73. The molecule has 3 amide bonds. The number of amides is 3. The lowest BCUT2D eigenvalue weighted by Gasteiger charge is -2.16. The molecule has 2 N–H and O–H groups in total. The first-order valence-corrected chi connectivity index (χ1v) is 9.46. The molecule has 0 radical (unpaired) electrons. The maximum Gasteiger partial charge on any atom is 0.243 e. The van der Waals surface area contributed by atoms with Gasteiger partial charge in [-0.25, -0.2) is 0 Å². The first-order valence-electron chi connectivity index (χ1n) is 9.46. The van der Waals surface area contributed by atoms with Gasteiger partial charge in [0.05, 0.1) is 13.0 Å². The highest BCUT2D eigenvalue weighted by Crippen LogP contribution is 2.22. The Morgan fingerprint density at radius 3 is 2.29 bits per heavy atom. The standard InChI is InChI=1S/C22H25N3O3/c1-15-5-3-6-16(2)22(15)24-20(27)14-23-19(26)13-17-8-10-18(11-9-17)25-12-4-7-21(25)28/h3,5-6,8-11H,4,7,12-14H2,1-2H3,(H,23,26)(H,24,27). The van der Waals surface area contributed by atoms with Crippen LogP contribution in [0.4, 0.5) is 11.4 Å². The fourth-order valence-corrected chi connectivity index (χ4v) is 3.34. The number of anilines is 2. The number of hydrogen-bond acceptors (Lipinski definition) is 3. The molecule has 1 aliphatic rings. The summed E-state index contributed by atoms with van der Waals surface area (Å²) in [7, 11) is 0. The van der Waals surface area contributed by atoms with Gasteiger partial charge in [-0.05, 0) is 49.1 Å². The Hall–Kier alpha value is -3.15. The fraction of sp³-hybridized carbons (Fsp3) is 0.318. The molecule has 0 atom stereocenters. The Morgan fingerprint density at radius 2 is 1.68 bits per heavy atom. The third-order valence-electron chi connectivity index (χ3n) is 4.88. The van der Waals surface area contributed by atoms with E-state index in [9.17, 15) is 14.4 Å². The molecule has 3 rings (SSSR count). The van der Waals surface area contributed by atoms with E-state index in [2.05, 4.69) is 10.6 Å². The van der Waals surface area contributed by atoms with Gasteiger partial charge in [-0.15, -0.1) is 0 Å². The van der Waals surface area contributed by atoms with Crippen LogP contribution in [0, 0.1) is 13.8 Å². The highest BCUT2D eigenvalue weighted by atomic mass is 16.2. The number of carbonyl (C=O) groups is 3. The molecule has 0 aliphatic carbocycles. The van der Waals surface area contributed by atoms with E-state index >= 15 is 0 Å². The van der Waals surface area contributed by atoms with Gasteiger partial charge in [-0.1, -0.05) is 30.3 Å². The van der Waals surface area contributed by atoms with Crippen LogP contribution in [0.15, 0.2) is 42.5 Å². The average Bonchev–Trinajstić information content (AvgIpc) is 3.10. The van der Waals surface area contributed by atoms with E-state index in [0.717, 1.165) is 41.0 Å². The molecule has 1 saturated heterocycles. The Morgan fingerprint density at radius 1 is 1.00 bits per heavy atom. The van der Waals surface area contributed by atoms with Crippen molar-refractivity contribution in [1.82, 2.24) is 5.32 Å². The van der Waals surface area contributed by atoms with Gasteiger partial charge in [0, 0.05) is 24.3 Å². The molecule has 0 bridgehead atoms. The van der Waals surface area contributed by atoms with E-state index in [1.54, 1.807) is 4.90 Å². The smallest absolute Gasteiger partial charge is 0.243 e. The number of rotatable bonds is 6. The first kappa shape index (κ1) is 19.6. The Bertz CT molecular complexity index is 870. The SMILES string of the molecule is Cc1cccc(C)c1NC(=O)CNC(=O)Cc1ccc(N2CCCC2=O)cc1. The van der Waals surface area contributed by atoms with Crippen molar-refractivity contribution in [3.05, 3.63) is 59.2 Å². The van der Waals surface area contributed by atoms with E-state index in [4.69, 9.17) is 0 Å². The average molecular weight is 379 g/mol. The quantitative estimate of drug-likeness (QED) is 0.810. The zero-order valence-corrected chi connectivity index (χ0v) is 16.2. The molecule has 2 aromatic carbocycles. The molecule has 0 unspecified atom stereocenters. The minimum atomic E-state index is -0.256. The zero-order chi connectivity index (χ0) is 20.1. The molecular weight excluding hydrogens is 354 g/mol. The Labute approximate surface area is 164 Å². The maximum absolute atomic E-state index is 12.1. The van der Waals surface area contributed by atoms with Crippen LogP contribution < -0.4 is 15.5 Å².